The van der Waals surface area contributed by atoms with Crippen molar-refractivity contribution < 1.29 is 18.0 Å². The zero-order valence-corrected chi connectivity index (χ0v) is 10.3. The van der Waals surface area contributed by atoms with Gasteiger partial charge in [-0.3, -0.25) is 4.79 Å². The quantitative estimate of drug-likeness (QED) is 0.897. The van der Waals surface area contributed by atoms with E-state index in [1.54, 1.807) is 12.1 Å². The van der Waals surface area contributed by atoms with Crippen LogP contribution in [0, 0.1) is 0 Å². The Bertz CT molecular complexity index is 459. The zero-order valence-electron chi connectivity index (χ0n) is 10.3. The maximum Gasteiger partial charge on any atom is 0.389 e. The van der Waals surface area contributed by atoms with Crippen molar-refractivity contribution in [1.29, 1.82) is 0 Å². The van der Waals surface area contributed by atoms with Crippen LogP contribution < -0.4 is 10.2 Å². The Hall–Kier alpha value is -1.56. The smallest absolute Gasteiger partial charge is 0.311 e. The third kappa shape index (κ3) is 3.70. The monoisotopic (exact) mass is 272 g/mol. The van der Waals surface area contributed by atoms with Crippen molar-refractivity contribution >= 4 is 11.6 Å². The van der Waals surface area contributed by atoms with E-state index in [9.17, 15) is 18.0 Å². The van der Waals surface area contributed by atoms with E-state index in [2.05, 4.69) is 5.32 Å². The average Bonchev–Trinajstić information content (AvgIpc) is 2.57. The molecule has 0 fully saturated rings. The summed E-state index contributed by atoms with van der Waals surface area (Å²) in [6.07, 6.45) is -5.87. The van der Waals surface area contributed by atoms with Gasteiger partial charge in [-0.2, -0.15) is 13.2 Å². The van der Waals surface area contributed by atoms with Crippen molar-refractivity contribution in [2.75, 3.05) is 18.0 Å². The van der Waals surface area contributed by atoms with E-state index in [-0.39, 0.29) is 0 Å². The van der Waals surface area contributed by atoms with Crippen molar-refractivity contribution in [3.8, 4) is 0 Å². The molecule has 104 valence electrons. The number of alkyl halides is 3. The molecule has 2 rings (SSSR count). The largest absolute Gasteiger partial charge is 0.389 e. The van der Waals surface area contributed by atoms with Crippen molar-refractivity contribution in [1.82, 2.24) is 5.32 Å². The van der Waals surface area contributed by atoms with Crippen LogP contribution in [0.3, 0.4) is 0 Å². The van der Waals surface area contributed by atoms with Gasteiger partial charge in [0.05, 0.1) is 6.42 Å². The van der Waals surface area contributed by atoms with Crippen LogP contribution in [0.2, 0.25) is 0 Å². The molecule has 0 bridgehead atoms. The SMILES string of the molecule is O=C(CCC(F)(F)F)N1CCNCc2ccccc21. The standard InChI is InChI=1S/C13H15F3N2O/c14-13(15,16)6-5-12(19)18-8-7-17-9-10-3-1-2-4-11(10)18/h1-4,17H,5-9H2. The van der Waals surface area contributed by atoms with E-state index in [0.717, 1.165) is 5.56 Å². The summed E-state index contributed by atoms with van der Waals surface area (Å²) in [5.41, 5.74) is 1.64. The maximum atomic E-state index is 12.2. The first-order chi connectivity index (χ1) is 8.97. The lowest BCUT2D eigenvalue weighted by atomic mass is 10.1. The molecule has 1 aliphatic rings. The van der Waals surface area contributed by atoms with Crippen LogP contribution in [0.4, 0.5) is 18.9 Å². The first-order valence-electron chi connectivity index (χ1n) is 6.13. The van der Waals surface area contributed by atoms with Crippen molar-refractivity contribution in [2.45, 2.75) is 25.6 Å². The number of para-hydroxylation sites is 1. The number of hydrogen-bond donors (Lipinski definition) is 1. The molecule has 0 spiro atoms. The molecule has 0 aromatic heterocycles. The van der Waals surface area contributed by atoms with Gasteiger partial charge in [-0.15, -0.1) is 0 Å². The Morgan fingerprint density at radius 1 is 1.32 bits per heavy atom. The van der Waals surface area contributed by atoms with Crippen LogP contribution in [-0.4, -0.2) is 25.2 Å². The van der Waals surface area contributed by atoms with Crippen molar-refractivity contribution in [3.05, 3.63) is 29.8 Å². The molecular weight excluding hydrogens is 257 g/mol. The summed E-state index contributed by atoms with van der Waals surface area (Å²) in [4.78, 5) is 13.4. The molecule has 1 amide bonds. The number of anilines is 1. The van der Waals surface area contributed by atoms with Crippen LogP contribution in [-0.2, 0) is 11.3 Å². The molecule has 0 radical (unpaired) electrons. The summed E-state index contributed by atoms with van der Waals surface area (Å²) in [6.45, 7) is 1.60. The fourth-order valence-electron chi connectivity index (χ4n) is 2.10. The van der Waals surface area contributed by atoms with Gasteiger partial charge >= 0.3 is 6.18 Å². The zero-order chi connectivity index (χ0) is 13.9. The molecule has 0 aliphatic carbocycles. The fourth-order valence-corrected chi connectivity index (χ4v) is 2.10. The molecule has 1 aromatic rings. The van der Waals surface area contributed by atoms with Gasteiger partial charge in [-0.1, -0.05) is 18.2 Å². The van der Waals surface area contributed by atoms with Gasteiger partial charge in [0.15, 0.2) is 0 Å². The van der Waals surface area contributed by atoms with Crippen LogP contribution in [0.15, 0.2) is 24.3 Å². The Labute approximate surface area is 109 Å². The van der Waals surface area contributed by atoms with Gasteiger partial charge < -0.3 is 10.2 Å². The molecule has 1 heterocycles. The Balaban J connectivity index is 2.13. The second-order valence-electron chi connectivity index (χ2n) is 4.47. The number of nitrogens with zero attached hydrogens (tertiary/aromatic N) is 1. The number of carbonyl (C=O) groups excluding carboxylic acids is 1. The van der Waals surface area contributed by atoms with Crippen molar-refractivity contribution in [2.24, 2.45) is 0 Å². The lowest BCUT2D eigenvalue weighted by Crippen LogP contribution is -2.35. The Morgan fingerprint density at radius 3 is 2.79 bits per heavy atom. The second kappa shape index (κ2) is 5.61. The predicted octanol–water partition coefficient (Wildman–Crippen LogP) is 2.47. The topological polar surface area (TPSA) is 32.3 Å². The number of benzene rings is 1. The van der Waals surface area contributed by atoms with Gasteiger partial charge in [-0.25, -0.2) is 0 Å². The first-order valence-corrected chi connectivity index (χ1v) is 6.13. The molecule has 0 atom stereocenters. The molecule has 0 unspecified atom stereocenters. The Kier molecular flexibility index (Phi) is 4.09. The summed E-state index contributed by atoms with van der Waals surface area (Å²) >= 11 is 0. The number of halogens is 3. The van der Waals surface area contributed by atoms with Crippen LogP contribution in [0.25, 0.3) is 0 Å². The third-order valence-electron chi connectivity index (χ3n) is 3.03. The number of fused-ring (bicyclic) bond motifs is 1. The molecule has 19 heavy (non-hydrogen) atoms. The summed E-state index contributed by atoms with van der Waals surface area (Å²) in [5, 5.41) is 3.14. The highest BCUT2D eigenvalue weighted by atomic mass is 19.4. The molecular formula is C13H15F3N2O. The van der Waals surface area contributed by atoms with Gasteiger partial charge in [0, 0.05) is 31.7 Å². The lowest BCUT2D eigenvalue weighted by Gasteiger charge is -2.22. The van der Waals surface area contributed by atoms with E-state index in [1.807, 2.05) is 12.1 Å². The van der Waals surface area contributed by atoms with Crippen molar-refractivity contribution in [3.63, 3.8) is 0 Å². The second-order valence-corrected chi connectivity index (χ2v) is 4.47. The number of nitrogens with one attached hydrogen (secondary N) is 1. The minimum atomic E-state index is -4.29. The summed E-state index contributed by atoms with van der Waals surface area (Å²) in [6, 6.07) is 7.28. The minimum Gasteiger partial charge on any atom is -0.311 e. The maximum absolute atomic E-state index is 12.2. The van der Waals surface area contributed by atoms with Gasteiger partial charge in [0.1, 0.15) is 0 Å². The average molecular weight is 272 g/mol. The number of amides is 1. The number of carbonyl (C=O) groups is 1. The van der Waals surface area contributed by atoms with Gasteiger partial charge in [-0.05, 0) is 11.6 Å². The van der Waals surface area contributed by atoms with E-state index < -0.39 is 24.9 Å². The minimum absolute atomic E-state index is 0.397. The molecule has 3 nitrogen and oxygen atoms in total. The number of hydrogen-bond acceptors (Lipinski definition) is 2. The number of rotatable bonds is 2. The van der Waals surface area contributed by atoms with Gasteiger partial charge in [0.2, 0.25) is 5.91 Å². The third-order valence-corrected chi connectivity index (χ3v) is 3.03. The fraction of sp³-hybridized carbons (Fsp3) is 0.462. The highest BCUT2D eigenvalue weighted by Crippen LogP contribution is 2.26. The first kappa shape index (κ1) is 13.9. The van der Waals surface area contributed by atoms with Crippen LogP contribution >= 0.6 is 0 Å². The highest BCUT2D eigenvalue weighted by Gasteiger charge is 2.30. The molecule has 1 N–H and O–H groups in total. The van der Waals surface area contributed by atoms with E-state index in [1.165, 1.54) is 4.90 Å². The lowest BCUT2D eigenvalue weighted by molar-refractivity contribution is -0.143. The summed E-state index contributed by atoms with van der Waals surface area (Å²) in [7, 11) is 0. The van der Waals surface area contributed by atoms with E-state index >= 15 is 0 Å². The molecule has 0 saturated heterocycles. The van der Waals surface area contributed by atoms with Crippen LogP contribution in [0.1, 0.15) is 18.4 Å². The highest BCUT2D eigenvalue weighted by molar-refractivity contribution is 5.94. The van der Waals surface area contributed by atoms with Gasteiger partial charge in [0.25, 0.3) is 0 Å². The Morgan fingerprint density at radius 2 is 2.05 bits per heavy atom. The summed E-state index contributed by atoms with van der Waals surface area (Å²) in [5.74, 6) is -0.478. The molecule has 1 aromatic carbocycles. The predicted molar refractivity (Wildman–Crippen MR) is 65.8 cm³/mol. The van der Waals surface area contributed by atoms with Crippen LogP contribution in [0.5, 0.6) is 0 Å². The van der Waals surface area contributed by atoms with E-state index in [0.29, 0.717) is 25.3 Å². The summed E-state index contributed by atoms with van der Waals surface area (Å²) < 4.78 is 36.5. The molecule has 1 aliphatic heterocycles. The normalized spacial score (nSPS) is 15.8. The molecule has 0 saturated carbocycles. The molecule has 6 heteroatoms. The van der Waals surface area contributed by atoms with E-state index in [4.69, 9.17) is 0 Å².